The van der Waals surface area contributed by atoms with Crippen molar-refractivity contribution in [1.29, 1.82) is 0 Å². The lowest BCUT2D eigenvalue weighted by Gasteiger charge is -2.37. The van der Waals surface area contributed by atoms with Crippen LogP contribution in [0.4, 0.5) is 5.69 Å². The van der Waals surface area contributed by atoms with Crippen LogP contribution < -0.4 is 9.64 Å². The van der Waals surface area contributed by atoms with Crippen molar-refractivity contribution >= 4 is 11.5 Å². The van der Waals surface area contributed by atoms with E-state index in [2.05, 4.69) is 41.8 Å². The minimum Gasteiger partial charge on any atom is -0.490 e. The summed E-state index contributed by atoms with van der Waals surface area (Å²) < 4.78 is 5.71. The van der Waals surface area contributed by atoms with E-state index in [1.165, 1.54) is 23.7 Å². The number of rotatable bonds is 7. The van der Waals surface area contributed by atoms with Gasteiger partial charge in [-0.15, -0.1) is 0 Å². The summed E-state index contributed by atoms with van der Waals surface area (Å²) in [7, 11) is 0. The lowest BCUT2D eigenvalue weighted by Crippen LogP contribution is -2.49. The molecule has 5 nitrogen and oxygen atoms in total. The number of hydrogen-bond acceptors (Lipinski definition) is 5. The molecule has 0 bridgehead atoms. The van der Waals surface area contributed by atoms with Gasteiger partial charge in [0.2, 0.25) is 0 Å². The SMILES string of the molecule is CC(=O)c1ccccc1OCC(O)CN1CCN(c2ccc(C)c(C)c2)CC1. The van der Waals surface area contributed by atoms with Gasteiger partial charge in [0.05, 0.1) is 5.56 Å². The van der Waals surface area contributed by atoms with Gasteiger partial charge in [-0.25, -0.2) is 0 Å². The number of ether oxygens (including phenoxy) is 1. The Balaban J connectivity index is 1.47. The highest BCUT2D eigenvalue weighted by molar-refractivity contribution is 5.96. The van der Waals surface area contributed by atoms with Crippen LogP contribution in [0.5, 0.6) is 5.75 Å². The largest absolute Gasteiger partial charge is 0.490 e. The highest BCUT2D eigenvalue weighted by atomic mass is 16.5. The fourth-order valence-corrected chi connectivity index (χ4v) is 3.53. The van der Waals surface area contributed by atoms with Gasteiger partial charge in [0, 0.05) is 38.4 Å². The number of piperazine rings is 1. The second-order valence-corrected chi connectivity index (χ2v) is 7.57. The van der Waals surface area contributed by atoms with Crippen LogP contribution in [0.25, 0.3) is 0 Å². The van der Waals surface area contributed by atoms with Crippen LogP contribution in [-0.2, 0) is 0 Å². The molecule has 0 radical (unpaired) electrons. The lowest BCUT2D eigenvalue weighted by molar-refractivity contribution is 0.0656. The van der Waals surface area contributed by atoms with Gasteiger partial charge in [0.1, 0.15) is 18.5 Å². The van der Waals surface area contributed by atoms with Gasteiger partial charge in [0.25, 0.3) is 0 Å². The van der Waals surface area contributed by atoms with E-state index in [1.807, 2.05) is 12.1 Å². The molecule has 0 amide bonds. The van der Waals surface area contributed by atoms with Crippen molar-refractivity contribution in [3.63, 3.8) is 0 Å². The Kier molecular flexibility index (Phi) is 6.70. The van der Waals surface area contributed by atoms with Crippen molar-refractivity contribution in [2.24, 2.45) is 0 Å². The van der Waals surface area contributed by atoms with E-state index in [0.717, 1.165) is 26.2 Å². The molecule has 1 heterocycles. The van der Waals surface area contributed by atoms with Gasteiger partial charge in [-0.3, -0.25) is 9.69 Å². The van der Waals surface area contributed by atoms with Crippen molar-refractivity contribution in [1.82, 2.24) is 4.90 Å². The molecule has 5 heteroatoms. The number of ketones is 1. The molecule has 1 unspecified atom stereocenters. The minimum atomic E-state index is -0.590. The number of benzene rings is 2. The first-order valence-electron chi connectivity index (χ1n) is 9.89. The first-order valence-corrected chi connectivity index (χ1v) is 9.89. The molecule has 1 N–H and O–H groups in total. The smallest absolute Gasteiger partial charge is 0.163 e. The van der Waals surface area contributed by atoms with Crippen LogP contribution >= 0.6 is 0 Å². The standard InChI is InChI=1S/C23H30N2O3/c1-17-8-9-20(14-18(17)2)25-12-10-24(11-13-25)15-21(27)16-28-23-7-5-4-6-22(23)19(3)26/h4-9,14,21,27H,10-13,15-16H2,1-3H3. The maximum atomic E-state index is 11.7. The molecule has 3 rings (SSSR count). The molecule has 1 aliphatic rings. The molecule has 0 aromatic heterocycles. The molecule has 1 saturated heterocycles. The molecule has 28 heavy (non-hydrogen) atoms. The maximum Gasteiger partial charge on any atom is 0.163 e. The summed E-state index contributed by atoms with van der Waals surface area (Å²) in [5.74, 6) is 0.501. The predicted octanol–water partition coefficient (Wildman–Crippen LogP) is 3.07. The minimum absolute atomic E-state index is 0.0347. The number of anilines is 1. The van der Waals surface area contributed by atoms with Crippen molar-refractivity contribution in [3.05, 3.63) is 59.2 Å². The Hall–Kier alpha value is -2.37. The highest BCUT2D eigenvalue weighted by Gasteiger charge is 2.20. The number of para-hydroxylation sites is 1. The molecule has 0 aliphatic carbocycles. The third-order valence-corrected chi connectivity index (χ3v) is 5.39. The van der Waals surface area contributed by atoms with E-state index in [4.69, 9.17) is 4.74 Å². The van der Waals surface area contributed by atoms with Crippen LogP contribution in [0.1, 0.15) is 28.4 Å². The summed E-state index contributed by atoms with van der Waals surface area (Å²) in [5.41, 5.74) is 4.46. The Morgan fingerprint density at radius 2 is 1.79 bits per heavy atom. The average Bonchev–Trinajstić information content (AvgIpc) is 2.69. The number of aliphatic hydroxyl groups is 1. The van der Waals surface area contributed by atoms with E-state index in [9.17, 15) is 9.90 Å². The molecular weight excluding hydrogens is 352 g/mol. The Morgan fingerprint density at radius 3 is 2.46 bits per heavy atom. The van der Waals surface area contributed by atoms with Crippen LogP contribution in [-0.4, -0.2) is 61.2 Å². The lowest BCUT2D eigenvalue weighted by atomic mass is 10.1. The van der Waals surface area contributed by atoms with Crippen LogP contribution in [0.3, 0.4) is 0 Å². The Labute approximate surface area is 167 Å². The first kappa shape index (κ1) is 20.4. The van der Waals surface area contributed by atoms with E-state index in [-0.39, 0.29) is 12.4 Å². The normalized spacial score (nSPS) is 16.1. The van der Waals surface area contributed by atoms with Crippen LogP contribution in [0.15, 0.2) is 42.5 Å². The number of nitrogens with zero attached hydrogens (tertiary/aromatic N) is 2. The number of β-amino-alcohol motifs (C(OH)–C–C–N with tert-alkyl or cyclic N) is 1. The number of aryl methyl sites for hydroxylation is 2. The third-order valence-electron chi connectivity index (χ3n) is 5.39. The average molecular weight is 383 g/mol. The van der Waals surface area contributed by atoms with E-state index in [1.54, 1.807) is 12.1 Å². The fourth-order valence-electron chi connectivity index (χ4n) is 3.53. The van der Waals surface area contributed by atoms with Gasteiger partial charge >= 0.3 is 0 Å². The van der Waals surface area contributed by atoms with Crippen LogP contribution in [0.2, 0.25) is 0 Å². The van der Waals surface area contributed by atoms with Gasteiger partial charge in [0.15, 0.2) is 5.78 Å². The van der Waals surface area contributed by atoms with Gasteiger partial charge in [-0.2, -0.15) is 0 Å². The summed E-state index contributed by atoms with van der Waals surface area (Å²) in [5, 5.41) is 10.4. The molecule has 1 aliphatic heterocycles. The maximum absolute atomic E-state index is 11.7. The third kappa shape index (κ3) is 5.12. The zero-order chi connectivity index (χ0) is 20.1. The second kappa shape index (κ2) is 9.22. The summed E-state index contributed by atoms with van der Waals surface area (Å²) in [6, 6.07) is 13.8. The Bertz CT molecular complexity index is 813. The highest BCUT2D eigenvalue weighted by Crippen LogP contribution is 2.21. The molecular formula is C23H30N2O3. The monoisotopic (exact) mass is 382 g/mol. The predicted molar refractivity (Wildman–Crippen MR) is 113 cm³/mol. The second-order valence-electron chi connectivity index (χ2n) is 7.57. The quantitative estimate of drug-likeness (QED) is 0.746. The Morgan fingerprint density at radius 1 is 1.07 bits per heavy atom. The van der Waals surface area contributed by atoms with Crippen molar-refractivity contribution < 1.29 is 14.6 Å². The summed E-state index contributed by atoms with van der Waals surface area (Å²) in [6.45, 7) is 10.3. The first-order chi connectivity index (χ1) is 13.4. The number of Topliss-reactive ketones (excluding diaryl/α,β-unsaturated/α-hetero) is 1. The fraction of sp³-hybridized carbons (Fsp3) is 0.435. The molecule has 150 valence electrons. The molecule has 0 saturated carbocycles. The zero-order valence-electron chi connectivity index (χ0n) is 17.0. The molecule has 0 spiro atoms. The summed E-state index contributed by atoms with van der Waals surface area (Å²) in [6.07, 6.45) is -0.590. The summed E-state index contributed by atoms with van der Waals surface area (Å²) in [4.78, 5) is 16.3. The van der Waals surface area contributed by atoms with E-state index >= 15 is 0 Å². The molecule has 2 aromatic rings. The number of hydrogen-bond donors (Lipinski definition) is 1. The van der Waals surface area contributed by atoms with E-state index in [0.29, 0.717) is 17.9 Å². The molecule has 1 atom stereocenters. The number of carbonyl (C=O) groups is 1. The topological polar surface area (TPSA) is 53.0 Å². The van der Waals surface area contributed by atoms with Crippen molar-refractivity contribution in [3.8, 4) is 5.75 Å². The number of carbonyl (C=O) groups excluding carboxylic acids is 1. The van der Waals surface area contributed by atoms with Gasteiger partial charge < -0.3 is 14.7 Å². The summed E-state index contributed by atoms with van der Waals surface area (Å²) >= 11 is 0. The van der Waals surface area contributed by atoms with Crippen molar-refractivity contribution in [2.75, 3.05) is 44.2 Å². The van der Waals surface area contributed by atoms with Crippen LogP contribution in [0, 0.1) is 13.8 Å². The number of aliphatic hydroxyl groups excluding tert-OH is 1. The molecule has 2 aromatic carbocycles. The van der Waals surface area contributed by atoms with E-state index < -0.39 is 6.10 Å². The van der Waals surface area contributed by atoms with Gasteiger partial charge in [-0.05, 0) is 56.2 Å². The van der Waals surface area contributed by atoms with Gasteiger partial charge in [-0.1, -0.05) is 18.2 Å². The zero-order valence-corrected chi connectivity index (χ0v) is 17.0. The van der Waals surface area contributed by atoms with Crippen molar-refractivity contribution in [2.45, 2.75) is 26.9 Å². The molecule has 1 fully saturated rings.